The fourth-order valence-corrected chi connectivity index (χ4v) is 1.72. The normalized spacial score (nSPS) is 11.2. The van der Waals surface area contributed by atoms with Crippen LogP contribution in [-0.2, 0) is 0 Å². The van der Waals surface area contributed by atoms with E-state index in [-0.39, 0.29) is 5.91 Å². The number of hydrogen-bond acceptors (Lipinski definition) is 2. The molecular weight excluding hydrogens is 236 g/mol. The number of rotatable bonds is 3. The second kappa shape index (κ2) is 5.96. The molecule has 0 unspecified atom stereocenters. The van der Waals surface area contributed by atoms with E-state index in [1.165, 1.54) is 5.56 Å². The predicted molar refractivity (Wildman–Crippen MR) is 77.3 cm³/mol. The number of amides is 1. The third-order valence-electron chi connectivity index (χ3n) is 2.80. The molecule has 3 heteroatoms. The number of hydrogen-bond donors (Lipinski definition) is 1. The molecule has 0 aliphatic heterocycles. The molecule has 0 saturated heterocycles. The van der Waals surface area contributed by atoms with E-state index in [1.807, 2.05) is 56.3 Å². The first kappa shape index (κ1) is 13.0. The molecule has 0 aromatic heterocycles. The standard InChI is InChI=1S/C16H16N2O/c1-12-7-6-10-15(11-12)13(2)17-18-16(19)14-8-4-3-5-9-14/h3-11H,1-2H3,(H,18,19). The van der Waals surface area contributed by atoms with Gasteiger partial charge in [-0.2, -0.15) is 5.10 Å². The van der Waals surface area contributed by atoms with Crippen LogP contribution in [0.1, 0.15) is 28.4 Å². The van der Waals surface area contributed by atoms with Crippen LogP contribution in [0, 0.1) is 6.92 Å². The van der Waals surface area contributed by atoms with Crippen LogP contribution in [0.4, 0.5) is 0 Å². The number of aryl methyl sites for hydroxylation is 1. The number of nitrogens with zero attached hydrogens (tertiary/aromatic N) is 1. The Morgan fingerprint density at radius 3 is 2.37 bits per heavy atom. The van der Waals surface area contributed by atoms with E-state index in [0.29, 0.717) is 5.56 Å². The van der Waals surface area contributed by atoms with Gasteiger partial charge in [-0.15, -0.1) is 0 Å². The predicted octanol–water partition coefficient (Wildman–Crippen LogP) is 3.15. The molecule has 0 radical (unpaired) electrons. The maximum Gasteiger partial charge on any atom is 0.271 e. The Labute approximate surface area is 113 Å². The van der Waals surface area contributed by atoms with Gasteiger partial charge in [0.1, 0.15) is 0 Å². The van der Waals surface area contributed by atoms with Gasteiger partial charge in [-0.1, -0.05) is 48.0 Å². The van der Waals surface area contributed by atoms with Crippen LogP contribution in [0.25, 0.3) is 0 Å². The SMILES string of the molecule is CC(=NNC(=O)c1ccccc1)c1cccc(C)c1. The fraction of sp³-hybridized carbons (Fsp3) is 0.125. The van der Waals surface area contributed by atoms with Crippen LogP contribution in [-0.4, -0.2) is 11.6 Å². The quantitative estimate of drug-likeness (QED) is 0.661. The average Bonchev–Trinajstić information content (AvgIpc) is 2.45. The summed E-state index contributed by atoms with van der Waals surface area (Å²) in [5, 5.41) is 4.13. The molecule has 0 saturated carbocycles. The van der Waals surface area contributed by atoms with Gasteiger partial charge in [0, 0.05) is 5.56 Å². The molecule has 0 atom stereocenters. The summed E-state index contributed by atoms with van der Waals surface area (Å²) in [6.07, 6.45) is 0. The number of hydrazone groups is 1. The molecule has 0 spiro atoms. The lowest BCUT2D eigenvalue weighted by atomic mass is 10.1. The third kappa shape index (κ3) is 3.52. The van der Waals surface area contributed by atoms with Gasteiger partial charge in [0.25, 0.3) is 5.91 Å². The van der Waals surface area contributed by atoms with Crippen LogP contribution in [0.15, 0.2) is 59.7 Å². The van der Waals surface area contributed by atoms with Crippen molar-refractivity contribution in [3.05, 3.63) is 71.3 Å². The molecule has 2 aromatic carbocycles. The van der Waals surface area contributed by atoms with Crippen LogP contribution >= 0.6 is 0 Å². The number of carbonyl (C=O) groups is 1. The average molecular weight is 252 g/mol. The molecule has 1 N–H and O–H groups in total. The molecule has 19 heavy (non-hydrogen) atoms. The Balaban J connectivity index is 2.09. The van der Waals surface area contributed by atoms with E-state index in [4.69, 9.17) is 0 Å². The number of benzene rings is 2. The first-order chi connectivity index (χ1) is 9.16. The molecule has 0 heterocycles. The topological polar surface area (TPSA) is 41.5 Å². The largest absolute Gasteiger partial charge is 0.271 e. The third-order valence-corrected chi connectivity index (χ3v) is 2.80. The number of nitrogens with one attached hydrogen (secondary N) is 1. The maximum atomic E-state index is 11.8. The minimum Gasteiger partial charge on any atom is -0.267 e. The molecule has 96 valence electrons. The maximum absolute atomic E-state index is 11.8. The van der Waals surface area contributed by atoms with Crippen molar-refractivity contribution in [2.24, 2.45) is 5.10 Å². The molecule has 0 aliphatic carbocycles. The summed E-state index contributed by atoms with van der Waals surface area (Å²) in [6, 6.07) is 17.0. The summed E-state index contributed by atoms with van der Waals surface area (Å²) in [6.45, 7) is 3.90. The van der Waals surface area contributed by atoms with Crippen molar-refractivity contribution in [3.63, 3.8) is 0 Å². The Morgan fingerprint density at radius 2 is 1.68 bits per heavy atom. The van der Waals surface area contributed by atoms with Gasteiger partial charge in [0.2, 0.25) is 0 Å². The highest BCUT2D eigenvalue weighted by Gasteiger charge is 2.03. The number of carbonyl (C=O) groups excluding carboxylic acids is 1. The zero-order chi connectivity index (χ0) is 13.7. The van der Waals surface area contributed by atoms with Crippen LogP contribution in [0.5, 0.6) is 0 Å². The Morgan fingerprint density at radius 1 is 1.00 bits per heavy atom. The van der Waals surface area contributed by atoms with Gasteiger partial charge in [0.05, 0.1) is 5.71 Å². The highest BCUT2D eigenvalue weighted by atomic mass is 16.2. The summed E-state index contributed by atoms with van der Waals surface area (Å²) in [5.41, 5.74) is 6.13. The molecule has 2 rings (SSSR count). The second-order valence-corrected chi connectivity index (χ2v) is 4.37. The van der Waals surface area contributed by atoms with Gasteiger partial charge >= 0.3 is 0 Å². The summed E-state index contributed by atoms with van der Waals surface area (Å²) in [5.74, 6) is -0.201. The van der Waals surface area contributed by atoms with Crippen molar-refractivity contribution >= 4 is 11.6 Å². The second-order valence-electron chi connectivity index (χ2n) is 4.37. The van der Waals surface area contributed by atoms with E-state index < -0.39 is 0 Å². The minimum absolute atomic E-state index is 0.201. The van der Waals surface area contributed by atoms with Crippen LogP contribution < -0.4 is 5.43 Å². The highest BCUT2D eigenvalue weighted by Crippen LogP contribution is 2.05. The minimum atomic E-state index is -0.201. The summed E-state index contributed by atoms with van der Waals surface area (Å²) >= 11 is 0. The van der Waals surface area contributed by atoms with Crippen molar-refractivity contribution in [1.29, 1.82) is 0 Å². The molecule has 0 bridgehead atoms. The summed E-state index contributed by atoms with van der Waals surface area (Å²) in [7, 11) is 0. The van der Waals surface area contributed by atoms with Gasteiger partial charge in [0.15, 0.2) is 0 Å². The van der Waals surface area contributed by atoms with Crippen molar-refractivity contribution in [2.45, 2.75) is 13.8 Å². The van der Waals surface area contributed by atoms with E-state index in [2.05, 4.69) is 10.5 Å². The molecule has 0 aliphatic rings. The van der Waals surface area contributed by atoms with E-state index in [0.717, 1.165) is 11.3 Å². The highest BCUT2D eigenvalue weighted by molar-refractivity contribution is 6.00. The van der Waals surface area contributed by atoms with Crippen LogP contribution in [0.2, 0.25) is 0 Å². The smallest absolute Gasteiger partial charge is 0.267 e. The fourth-order valence-electron chi connectivity index (χ4n) is 1.72. The molecule has 2 aromatic rings. The van der Waals surface area contributed by atoms with Crippen molar-refractivity contribution in [1.82, 2.24) is 5.43 Å². The Kier molecular flexibility index (Phi) is 4.08. The van der Waals surface area contributed by atoms with Gasteiger partial charge in [-0.25, -0.2) is 5.43 Å². The zero-order valence-corrected chi connectivity index (χ0v) is 11.1. The first-order valence-electron chi connectivity index (χ1n) is 6.13. The van der Waals surface area contributed by atoms with E-state index in [9.17, 15) is 4.79 Å². The lowest BCUT2D eigenvalue weighted by Crippen LogP contribution is -2.19. The van der Waals surface area contributed by atoms with Crippen molar-refractivity contribution < 1.29 is 4.79 Å². The molecule has 3 nitrogen and oxygen atoms in total. The summed E-state index contributed by atoms with van der Waals surface area (Å²) < 4.78 is 0. The van der Waals surface area contributed by atoms with Crippen molar-refractivity contribution in [2.75, 3.05) is 0 Å². The summed E-state index contributed by atoms with van der Waals surface area (Å²) in [4.78, 5) is 11.8. The monoisotopic (exact) mass is 252 g/mol. The van der Waals surface area contributed by atoms with Gasteiger partial charge in [-0.05, 0) is 31.5 Å². The lowest BCUT2D eigenvalue weighted by molar-refractivity contribution is 0.0955. The van der Waals surface area contributed by atoms with Gasteiger partial charge < -0.3 is 0 Å². The first-order valence-corrected chi connectivity index (χ1v) is 6.13. The molecular formula is C16H16N2O. The Hall–Kier alpha value is -2.42. The van der Waals surface area contributed by atoms with E-state index in [1.54, 1.807) is 12.1 Å². The van der Waals surface area contributed by atoms with Gasteiger partial charge in [-0.3, -0.25) is 4.79 Å². The molecule has 0 fully saturated rings. The Bertz CT molecular complexity index is 603. The van der Waals surface area contributed by atoms with Crippen molar-refractivity contribution in [3.8, 4) is 0 Å². The van der Waals surface area contributed by atoms with E-state index >= 15 is 0 Å². The van der Waals surface area contributed by atoms with Crippen LogP contribution in [0.3, 0.4) is 0 Å². The lowest BCUT2D eigenvalue weighted by Gasteiger charge is -2.03. The zero-order valence-electron chi connectivity index (χ0n) is 11.1. The molecule has 1 amide bonds.